The molecular formula is C12H10F2N2. The van der Waals surface area contributed by atoms with Gasteiger partial charge in [0.15, 0.2) is 0 Å². The fourth-order valence-electron chi connectivity index (χ4n) is 2.44. The van der Waals surface area contributed by atoms with Crippen molar-refractivity contribution in [2.45, 2.75) is 18.8 Å². The largest absolute Gasteiger partial charge is 0.348 e. The summed E-state index contributed by atoms with van der Waals surface area (Å²) in [6, 6.07) is 2.40. The fourth-order valence-corrected chi connectivity index (χ4v) is 2.44. The van der Waals surface area contributed by atoms with Crippen LogP contribution in [0.15, 0.2) is 24.7 Å². The van der Waals surface area contributed by atoms with Crippen molar-refractivity contribution in [1.29, 1.82) is 0 Å². The van der Waals surface area contributed by atoms with E-state index in [4.69, 9.17) is 0 Å². The lowest BCUT2D eigenvalue weighted by molar-refractivity contribution is 0.580. The summed E-state index contributed by atoms with van der Waals surface area (Å²) in [6.45, 7) is 0. The average Bonchev–Trinajstić information content (AvgIpc) is 2.90. The number of rotatable bonds is 1. The van der Waals surface area contributed by atoms with Gasteiger partial charge in [0.1, 0.15) is 11.6 Å². The predicted molar refractivity (Wildman–Crippen MR) is 55.1 cm³/mol. The van der Waals surface area contributed by atoms with Crippen LogP contribution in [0.25, 0.3) is 0 Å². The van der Waals surface area contributed by atoms with E-state index in [9.17, 15) is 8.78 Å². The smallest absolute Gasteiger partial charge is 0.127 e. The average molecular weight is 220 g/mol. The second kappa shape index (κ2) is 3.40. The summed E-state index contributed by atoms with van der Waals surface area (Å²) in [6.07, 6.45) is 4.55. The molecule has 3 rings (SSSR count). The molecule has 0 bridgehead atoms. The summed E-state index contributed by atoms with van der Waals surface area (Å²) >= 11 is 0. The van der Waals surface area contributed by atoms with Gasteiger partial charge in [-0.2, -0.15) is 0 Å². The summed E-state index contributed by atoms with van der Waals surface area (Å²) in [4.78, 5) is 6.89. The molecule has 82 valence electrons. The quantitative estimate of drug-likeness (QED) is 0.786. The lowest BCUT2D eigenvalue weighted by Crippen LogP contribution is -2.00. The maximum absolute atomic E-state index is 13.7. The van der Waals surface area contributed by atoms with Crippen molar-refractivity contribution in [3.8, 4) is 0 Å². The molecule has 2 aromatic rings. The molecule has 0 amide bonds. The Labute approximate surface area is 91.3 Å². The van der Waals surface area contributed by atoms with Gasteiger partial charge in [0, 0.05) is 23.4 Å². The number of fused-ring (bicyclic) bond motifs is 1. The third kappa shape index (κ3) is 1.26. The van der Waals surface area contributed by atoms with E-state index in [1.165, 1.54) is 12.1 Å². The number of nitrogens with zero attached hydrogens (tertiary/aromatic N) is 1. The third-order valence-electron chi connectivity index (χ3n) is 3.17. The van der Waals surface area contributed by atoms with Crippen molar-refractivity contribution in [2.75, 3.05) is 0 Å². The van der Waals surface area contributed by atoms with E-state index in [0.717, 1.165) is 12.1 Å². The Hall–Kier alpha value is -1.71. The monoisotopic (exact) mass is 220 g/mol. The van der Waals surface area contributed by atoms with Gasteiger partial charge in [0.05, 0.1) is 6.33 Å². The van der Waals surface area contributed by atoms with Crippen molar-refractivity contribution in [1.82, 2.24) is 9.97 Å². The molecular weight excluding hydrogens is 210 g/mol. The van der Waals surface area contributed by atoms with E-state index in [1.54, 1.807) is 12.5 Å². The van der Waals surface area contributed by atoms with Crippen molar-refractivity contribution < 1.29 is 8.78 Å². The number of hydrogen-bond donors (Lipinski definition) is 1. The number of hydrogen-bond acceptors (Lipinski definition) is 1. The van der Waals surface area contributed by atoms with Gasteiger partial charge < -0.3 is 4.98 Å². The zero-order valence-corrected chi connectivity index (χ0v) is 8.50. The Kier molecular flexibility index (Phi) is 2.02. The molecule has 1 unspecified atom stereocenters. The Morgan fingerprint density at radius 2 is 2.06 bits per heavy atom. The first-order valence-corrected chi connectivity index (χ1v) is 5.22. The summed E-state index contributed by atoms with van der Waals surface area (Å²) in [5.41, 5.74) is 1.85. The SMILES string of the molecule is Fc1ccc(F)c2c1CCC2c1cnc[nH]1. The van der Waals surface area contributed by atoms with Crippen molar-refractivity contribution >= 4 is 0 Å². The Morgan fingerprint density at radius 3 is 2.81 bits per heavy atom. The summed E-state index contributed by atoms with van der Waals surface area (Å²) < 4.78 is 27.2. The van der Waals surface area contributed by atoms with E-state index in [2.05, 4.69) is 9.97 Å². The first kappa shape index (κ1) is 9.51. The number of halogens is 2. The van der Waals surface area contributed by atoms with Gasteiger partial charge in [0.25, 0.3) is 0 Å². The topological polar surface area (TPSA) is 28.7 Å². The maximum Gasteiger partial charge on any atom is 0.127 e. The molecule has 0 radical (unpaired) electrons. The molecule has 0 aliphatic heterocycles. The van der Waals surface area contributed by atoms with Crippen LogP contribution in [0, 0.1) is 11.6 Å². The molecule has 0 saturated carbocycles. The van der Waals surface area contributed by atoms with Crippen LogP contribution in [0.1, 0.15) is 29.2 Å². The number of aromatic nitrogens is 2. The molecule has 0 fully saturated rings. The molecule has 4 heteroatoms. The first-order valence-electron chi connectivity index (χ1n) is 5.22. The third-order valence-corrected chi connectivity index (χ3v) is 3.17. The molecule has 1 heterocycles. The molecule has 0 saturated heterocycles. The summed E-state index contributed by atoms with van der Waals surface area (Å²) in [5, 5.41) is 0. The molecule has 1 aliphatic rings. The van der Waals surface area contributed by atoms with Crippen LogP contribution in [0.4, 0.5) is 8.78 Å². The van der Waals surface area contributed by atoms with Crippen molar-refractivity contribution in [2.24, 2.45) is 0 Å². The minimum absolute atomic E-state index is 0.0896. The van der Waals surface area contributed by atoms with E-state index in [0.29, 0.717) is 17.5 Å². The Balaban J connectivity index is 2.15. The van der Waals surface area contributed by atoms with Gasteiger partial charge >= 0.3 is 0 Å². The van der Waals surface area contributed by atoms with E-state index >= 15 is 0 Å². The van der Waals surface area contributed by atoms with Gasteiger partial charge in [0.2, 0.25) is 0 Å². The molecule has 0 spiro atoms. The van der Waals surface area contributed by atoms with Gasteiger partial charge in [-0.25, -0.2) is 13.8 Å². The van der Waals surface area contributed by atoms with Crippen LogP contribution in [0.3, 0.4) is 0 Å². The Bertz CT molecular complexity index is 520. The Morgan fingerprint density at radius 1 is 1.25 bits per heavy atom. The highest BCUT2D eigenvalue weighted by molar-refractivity contribution is 5.41. The van der Waals surface area contributed by atoms with Gasteiger partial charge in [-0.05, 0) is 30.5 Å². The van der Waals surface area contributed by atoms with Crippen LogP contribution in [0.2, 0.25) is 0 Å². The number of nitrogens with one attached hydrogen (secondary N) is 1. The highest BCUT2D eigenvalue weighted by Crippen LogP contribution is 2.39. The van der Waals surface area contributed by atoms with Gasteiger partial charge in [-0.15, -0.1) is 0 Å². The second-order valence-electron chi connectivity index (χ2n) is 4.02. The fraction of sp³-hybridized carbons (Fsp3) is 0.250. The van der Waals surface area contributed by atoms with Crippen LogP contribution < -0.4 is 0 Å². The zero-order chi connectivity index (χ0) is 11.1. The minimum atomic E-state index is -0.325. The molecule has 1 aromatic carbocycles. The highest BCUT2D eigenvalue weighted by atomic mass is 19.1. The van der Waals surface area contributed by atoms with E-state index in [-0.39, 0.29) is 17.6 Å². The molecule has 1 aromatic heterocycles. The molecule has 1 atom stereocenters. The number of aromatic amines is 1. The van der Waals surface area contributed by atoms with E-state index < -0.39 is 0 Å². The maximum atomic E-state index is 13.7. The zero-order valence-electron chi connectivity index (χ0n) is 8.50. The lowest BCUT2D eigenvalue weighted by atomic mass is 9.98. The molecule has 2 nitrogen and oxygen atoms in total. The first-order chi connectivity index (χ1) is 7.77. The standard InChI is InChI=1S/C12H10F2N2/c13-9-3-4-10(14)12-7(9)1-2-8(12)11-5-15-6-16-11/h3-6,8H,1-2H2,(H,15,16). The predicted octanol–water partition coefficient (Wildman–Crippen LogP) is 2.77. The van der Waals surface area contributed by atoms with Crippen LogP contribution in [-0.4, -0.2) is 9.97 Å². The summed E-state index contributed by atoms with van der Waals surface area (Å²) in [5.74, 6) is -0.722. The van der Waals surface area contributed by atoms with Crippen molar-refractivity contribution in [3.05, 3.63) is 53.1 Å². The minimum Gasteiger partial charge on any atom is -0.348 e. The van der Waals surface area contributed by atoms with E-state index in [1.807, 2.05) is 0 Å². The lowest BCUT2D eigenvalue weighted by Gasteiger charge is -2.10. The molecule has 1 aliphatic carbocycles. The molecule has 16 heavy (non-hydrogen) atoms. The second-order valence-corrected chi connectivity index (χ2v) is 4.02. The van der Waals surface area contributed by atoms with Gasteiger partial charge in [-0.3, -0.25) is 0 Å². The highest BCUT2D eigenvalue weighted by Gasteiger charge is 2.30. The van der Waals surface area contributed by atoms with Crippen molar-refractivity contribution in [3.63, 3.8) is 0 Å². The number of imidazole rings is 1. The molecule has 1 N–H and O–H groups in total. The van der Waals surface area contributed by atoms with Crippen LogP contribution in [0.5, 0.6) is 0 Å². The van der Waals surface area contributed by atoms with Gasteiger partial charge in [-0.1, -0.05) is 0 Å². The number of H-pyrrole nitrogens is 1. The summed E-state index contributed by atoms with van der Waals surface area (Å²) in [7, 11) is 0. The van der Waals surface area contributed by atoms with Crippen LogP contribution >= 0.6 is 0 Å². The number of benzene rings is 1. The normalized spacial score (nSPS) is 18.8. The van der Waals surface area contributed by atoms with Crippen LogP contribution in [-0.2, 0) is 6.42 Å².